The summed E-state index contributed by atoms with van der Waals surface area (Å²) in [6.07, 6.45) is 3.86. The van der Waals surface area contributed by atoms with Crippen molar-refractivity contribution in [1.29, 1.82) is 0 Å². The van der Waals surface area contributed by atoms with Crippen LogP contribution in [0, 0.1) is 5.92 Å². The molecule has 2 aromatic rings. The van der Waals surface area contributed by atoms with Crippen molar-refractivity contribution in [3.63, 3.8) is 0 Å². The molecule has 1 aromatic heterocycles. The summed E-state index contributed by atoms with van der Waals surface area (Å²) < 4.78 is 7.09. The van der Waals surface area contributed by atoms with Crippen molar-refractivity contribution in [2.45, 2.75) is 44.2 Å². The maximum atomic E-state index is 13.2. The number of hydrogen-bond acceptors (Lipinski definition) is 5. The topological polar surface area (TPSA) is 66.8 Å². The number of ether oxygens (including phenoxy) is 1. The Morgan fingerprint density at radius 1 is 1.06 bits per heavy atom. The molecule has 2 saturated heterocycles. The van der Waals surface area contributed by atoms with E-state index < -0.39 is 0 Å². The number of anilines is 1. The molecule has 0 unspecified atom stereocenters. The predicted molar refractivity (Wildman–Crippen MR) is 129 cm³/mol. The second-order valence-corrected chi connectivity index (χ2v) is 9.95. The number of likely N-dealkylation sites (tertiary alicyclic amines) is 2. The van der Waals surface area contributed by atoms with Crippen LogP contribution in [-0.2, 0) is 17.8 Å². The Balaban J connectivity index is 1.27. The molecular formula is C26H34N4O3. The quantitative estimate of drug-likeness (QED) is 0.759. The van der Waals surface area contributed by atoms with Crippen LogP contribution in [0.15, 0.2) is 41.2 Å². The van der Waals surface area contributed by atoms with E-state index in [-0.39, 0.29) is 17.9 Å². The molecular weight excluding hydrogens is 416 g/mol. The Hall–Kier alpha value is -2.64. The SMILES string of the molecule is COc1ccc(CC(=O)Nc2ccc3n(c2=O)C[C@@H]2C[C@@H]3CN(C3CCN(C)CC3)C2)cc1. The van der Waals surface area contributed by atoms with Gasteiger partial charge in [0.25, 0.3) is 5.56 Å². The van der Waals surface area contributed by atoms with Crippen LogP contribution in [0.3, 0.4) is 0 Å². The first-order valence-corrected chi connectivity index (χ1v) is 12.1. The first-order valence-electron chi connectivity index (χ1n) is 12.1. The minimum atomic E-state index is -0.178. The lowest BCUT2D eigenvalue weighted by molar-refractivity contribution is -0.115. The van der Waals surface area contributed by atoms with E-state index in [0.717, 1.165) is 43.1 Å². The number of carbonyl (C=O) groups excluding carboxylic acids is 1. The lowest BCUT2D eigenvalue weighted by atomic mass is 9.82. The number of methoxy groups -OCH3 is 1. The Morgan fingerprint density at radius 3 is 2.55 bits per heavy atom. The Morgan fingerprint density at radius 2 is 1.82 bits per heavy atom. The molecule has 1 N–H and O–H groups in total. The predicted octanol–water partition coefficient (Wildman–Crippen LogP) is 2.55. The van der Waals surface area contributed by atoms with Gasteiger partial charge in [-0.15, -0.1) is 0 Å². The van der Waals surface area contributed by atoms with E-state index in [9.17, 15) is 9.59 Å². The van der Waals surface area contributed by atoms with Crippen LogP contribution < -0.4 is 15.6 Å². The average Bonchev–Trinajstić information content (AvgIpc) is 2.82. The zero-order chi connectivity index (χ0) is 22.9. The summed E-state index contributed by atoms with van der Waals surface area (Å²) in [6.45, 7) is 5.20. The van der Waals surface area contributed by atoms with Gasteiger partial charge in [-0.05, 0) is 75.1 Å². The second kappa shape index (κ2) is 9.31. The van der Waals surface area contributed by atoms with Gasteiger partial charge in [0.05, 0.1) is 13.5 Å². The molecule has 0 radical (unpaired) electrons. The van der Waals surface area contributed by atoms with Crippen LogP contribution in [0.1, 0.15) is 36.4 Å². The summed E-state index contributed by atoms with van der Waals surface area (Å²) in [5.41, 5.74) is 2.32. The van der Waals surface area contributed by atoms with Crippen LogP contribution in [-0.4, -0.2) is 66.7 Å². The summed E-state index contributed by atoms with van der Waals surface area (Å²) in [5.74, 6) is 1.47. The van der Waals surface area contributed by atoms with Crippen LogP contribution in [0.5, 0.6) is 5.75 Å². The fourth-order valence-electron chi connectivity index (χ4n) is 5.86. The summed E-state index contributed by atoms with van der Waals surface area (Å²) in [6, 6.07) is 11.9. The normalized spacial score (nSPS) is 23.7. The van der Waals surface area contributed by atoms with Crippen molar-refractivity contribution in [2.75, 3.05) is 45.7 Å². The first kappa shape index (κ1) is 22.2. The number of benzene rings is 1. The minimum Gasteiger partial charge on any atom is -0.497 e. The third-order valence-electron chi connectivity index (χ3n) is 7.63. The van der Waals surface area contributed by atoms with Gasteiger partial charge in [-0.1, -0.05) is 12.1 Å². The van der Waals surface area contributed by atoms with Gasteiger partial charge in [0, 0.05) is 37.3 Å². The molecule has 2 fully saturated rings. The zero-order valence-electron chi connectivity index (χ0n) is 19.6. The molecule has 0 spiro atoms. The highest BCUT2D eigenvalue weighted by Gasteiger charge is 2.37. The maximum Gasteiger partial charge on any atom is 0.274 e. The van der Waals surface area contributed by atoms with E-state index in [1.54, 1.807) is 13.2 Å². The Kier molecular flexibility index (Phi) is 6.25. The summed E-state index contributed by atoms with van der Waals surface area (Å²) in [4.78, 5) is 30.9. The number of rotatable bonds is 5. The Labute approximate surface area is 195 Å². The third kappa shape index (κ3) is 4.70. The molecule has 7 nitrogen and oxygen atoms in total. The number of carbonyl (C=O) groups is 1. The van der Waals surface area contributed by atoms with E-state index >= 15 is 0 Å². The average molecular weight is 451 g/mol. The number of piperidine rings is 2. The number of aromatic nitrogens is 1. The number of nitrogens with zero attached hydrogens (tertiary/aromatic N) is 3. The van der Waals surface area contributed by atoms with E-state index in [1.807, 2.05) is 28.8 Å². The van der Waals surface area contributed by atoms with Crippen LogP contribution in [0.4, 0.5) is 5.69 Å². The summed E-state index contributed by atoms with van der Waals surface area (Å²) in [7, 11) is 3.82. The lowest BCUT2D eigenvalue weighted by Gasteiger charge is -2.47. The molecule has 2 bridgehead atoms. The maximum absolute atomic E-state index is 13.2. The van der Waals surface area contributed by atoms with Gasteiger partial charge >= 0.3 is 0 Å². The zero-order valence-corrected chi connectivity index (χ0v) is 19.6. The fraction of sp³-hybridized carbons (Fsp3) is 0.538. The van der Waals surface area contributed by atoms with E-state index in [0.29, 0.717) is 23.6 Å². The summed E-state index contributed by atoms with van der Waals surface area (Å²) >= 11 is 0. The third-order valence-corrected chi connectivity index (χ3v) is 7.63. The molecule has 176 valence electrons. The van der Waals surface area contributed by atoms with Gasteiger partial charge < -0.3 is 19.5 Å². The van der Waals surface area contributed by atoms with Crippen molar-refractivity contribution >= 4 is 11.6 Å². The van der Waals surface area contributed by atoms with Crippen LogP contribution in [0.25, 0.3) is 0 Å². The molecule has 7 heteroatoms. The van der Waals surface area contributed by atoms with E-state index in [2.05, 4.69) is 28.2 Å². The van der Waals surface area contributed by atoms with Crippen LogP contribution >= 0.6 is 0 Å². The fourth-order valence-corrected chi connectivity index (χ4v) is 5.86. The Bertz CT molecular complexity index is 1060. The highest BCUT2D eigenvalue weighted by molar-refractivity contribution is 5.92. The number of hydrogen-bond donors (Lipinski definition) is 1. The van der Waals surface area contributed by atoms with E-state index in [4.69, 9.17) is 4.74 Å². The summed E-state index contributed by atoms with van der Waals surface area (Å²) in [5, 5.41) is 2.85. The molecule has 0 aliphatic carbocycles. The number of pyridine rings is 1. The molecule has 33 heavy (non-hydrogen) atoms. The van der Waals surface area contributed by atoms with Crippen molar-refractivity contribution < 1.29 is 9.53 Å². The van der Waals surface area contributed by atoms with Gasteiger partial charge in [-0.25, -0.2) is 0 Å². The molecule has 2 atom stereocenters. The number of nitrogens with one attached hydrogen (secondary N) is 1. The van der Waals surface area contributed by atoms with Gasteiger partial charge in [0.1, 0.15) is 11.4 Å². The second-order valence-electron chi connectivity index (χ2n) is 9.95. The largest absolute Gasteiger partial charge is 0.497 e. The van der Waals surface area contributed by atoms with Gasteiger partial charge in [-0.2, -0.15) is 0 Å². The highest BCUT2D eigenvalue weighted by atomic mass is 16.5. The smallest absolute Gasteiger partial charge is 0.274 e. The standard InChI is InChI=1S/C26H34N4O3/c1-28-11-9-21(10-12-28)29-15-19-13-20(17-29)24-8-7-23(26(32)30(24)16-19)27-25(31)14-18-3-5-22(33-2)6-4-18/h3-8,19-21H,9-17H2,1-2H3,(H,27,31)/t19-,20-/m1/s1. The minimum absolute atomic E-state index is 0.0713. The van der Waals surface area contributed by atoms with Gasteiger partial charge in [0.15, 0.2) is 0 Å². The number of amides is 1. The van der Waals surface area contributed by atoms with Gasteiger partial charge in [-0.3, -0.25) is 14.5 Å². The van der Waals surface area contributed by atoms with Crippen molar-refractivity contribution in [2.24, 2.45) is 5.92 Å². The molecule has 1 aromatic carbocycles. The molecule has 3 aliphatic heterocycles. The highest BCUT2D eigenvalue weighted by Crippen LogP contribution is 2.37. The molecule has 1 amide bonds. The molecule has 5 rings (SSSR count). The first-order chi connectivity index (χ1) is 16.0. The van der Waals surface area contributed by atoms with Crippen molar-refractivity contribution in [3.8, 4) is 5.75 Å². The molecule has 3 aliphatic rings. The van der Waals surface area contributed by atoms with Crippen LogP contribution in [0.2, 0.25) is 0 Å². The van der Waals surface area contributed by atoms with E-state index in [1.165, 1.54) is 25.9 Å². The number of fused-ring (bicyclic) bond motifs is 4. The van der Waals surface area contributed by atoms with Crippen molar-refractivity contribution in [3.05, 3.63) is 58.0 Å². The monoisotopic (exact) mass is 450 g/mol. The molecule has 4 heterocycles. The molecule has 0 saturated carbocycles. The van der Waals surface area contributed by atoms with Crippen molar-refractivity contribution in [1.82, 2.24) is 14.4 Å². The lowest BCUT2D eigenvalue weighted by Crippen LogP contribution is -2.53. The van der Waals surface area contributed by atoms with Gasteiger partial charge in [0.2, 0.25) is 5.91 Å².